The predicted molar refractivity (Wildman–Crippen MR) is 124 cm³/mol. The van der Waals surface area contributed by atoms with Gasteiger partial charge in [-0.1, -0.05) is 19.9 Å². The van der Waals surface area contributed by atoms with E-state index in [0.717, 1.165) is 17.7 Å². The molecular formula is C26H23F6NO4. The second-order valence-electron chi connectivity index (χ2n) is 8.43. The zero-order chi connectivity index (χ0) is 27.5. The van der Waals surface area contributed by atoms with E-state index in [4.69, 9.17) is 4.74 Å². The minimum absolute atomic E-state index is 0.0109. The number of aromatic amines is 1. The number of carbonyl (C=O) groups is 2. The molecule has 1 N–H and O–H groups in total. The molecule has 0 amide bonds. The van der Waals surface area contributed by atoms with Crippen molar-refractivity contribution in [2.24, 2.45) is 0 Å². The quantitative estimate of drug-likeness (QED) is 0.141. The number of esters is 1. The molecule has 0 radical (unpaired) electrons. The van der Waals surface area contributed by atoms with Crippen molar-refractivity contribution in [2.75, 3.05) is 6.61 Å². The number of hydrogen-bond donors (Lipinski definition) is 1. The average Bonchev–Trinajstić information content (AvgIpc) is 3.20. The first kappa shape index (κ1) is 27.8. The standard InChI is InChI=1S/C26H23F6NO4/c1-4-36-23(35)11-16(34)6-5-15-9-20(25(27,28)29)24(21(10-15)26(30,31)32)37-17-7-8-22-18(12-17)19(13-33-22)14(2)3/h5-10,12-14,33H,4,11H2,1-3H3. The van der Waals surface area contributed by atoms with Gasteiger partial charge in [-0.05, 0) is 60.4 Å². The highest BCUT2D eigenvalue weighted by Crippen LogP contribution is 2.47. The zero-order valence-corrected chi connectivity index (χ0v) is 20.0. The molecule has 11 heteroatoms. The molecule has 0 unspecified atom stereocenters. The molecule has 0 aliphatic carbocycles. The number of alkyl halides is 6. The second kappa shape index (κ2) is 10.7. The zero-order valence-electron chi connectivity index (χ0n) is 20.0. The highest BCUT2D eigenvalue weighted by atomic mass is 19.4. The number of carbonyl (C=O) groups excluding carboxylic acids is 2. The summed E-state index contributed by atoms with van der Waals surface area (Å²) < 4.78 is 93.4. The van der Waals surface area contributed by atoms with Gasteiger partial charge in [0, 0.05) is 17.1 Å². The molecule has 1 aromatic heterocycles. The Bertz CT molecular complexity index is 1300. The summed E-state index contributed by atoms with van der Waals surface area (Å²) in [6.07, 6.45) is -7.92. The summed E-state index contributed by atoms with van der Waals surface area (Å²) in [5, 5.41) is 0.606. The van der Waals surface area contributed by atoms with Gasteiger partial charge in [0.1, 0.15) is 12.2 Å². The highest BCUT2D eigenvalue weighted by Gasteiger charge is 2.43. The van der Waals surface area contributed by atoms with Crippen LogP contribution in [0.15, 0.2) is 42.6 Å². The summed E-state index contributed by atoms with van der Waals surface area (Å²) in [4.78, 5) is 26.3. The third-order valence-electron chi connectivity index (χ3n) is 5.33. The van der Waals surface area contributed by atoms with Gasteiger partial charge in [-0.3, -0.25) is 9.59 Å². The number of halogens is 6. The summed E-state index contributed by atoms with van der Waals surface area (Å²) >= 11 is 0. The van der Waals surface area contributed by atoms with Crippen molar-refractivity contribution in [3.8, 4) is 11.5 Å². The topological polar surface area (TPSA) is 68.4 Å². The number of ether oxygens (including phenoxy) is 2. The first-order valence-electron chi connectivity index (χ1n) is 11.2. The highest BCUT2D eigenvalue weighted by molar-refractivity contribution is 6.04. The van der Waals surface area contributed by atoms with E-state index in [1.807, 2.05) is 13.8 Å². The van der Waals surface area contributed by atoms with Crippen LogP contribution in [0.2, 0.25) is 0 Å². The smallest absolute Gasteiger partial charge is 0.420 e. The van der Waals surface area contributed by atoms with Crippen LogP contribution in [0.5, 0.6) is 11.5 Å². The average molecular weight is 527 g/mol. The normalized spacial score (nSPS) is 12.5. The lowest BCUT2D eigenvalue weighted by Gasteiger charge is -2.20. The van der Waals surface area contributed by atoms with E-state index in [-0.39, 0.29) is 18.3 Å². The number of hydrogen-bond acceptors (Lipinski definition) is 4. The predicted octanol–water partition coefficient (Wildman–Crippen LogP) is 7.66. The van der Waals surface area contributed by atoms with Crippen molar-refractivity contribution in [3.63, 3.8) is 0 Å². The number of ketones is 1. The maximum Gasteiger partial charge on any atom is 0.420 e. The Labute approximate surface area is 208 Å². The third kappa shape index (κ3) is 6.72. The molecule has 3 rings (SSSR count). The van der Waals surface area contributed by atoms with Crippen LogP contribution in [0.3, 0.4) is 0 Å². The number of benzene rings is 2. The van der Waals surface area contributed by atoms with Crippen molar-refractivity contribution >= 4 is 28.7 Å². The van der Waals surface area contributed by atoms with E-state index in [9.17, 15) is 35.9 Å². The van der Waals surface area contributed by atoms with Crippen molar-refractivity contribution in [1.82, 2.24) is 4.98 Å². The van der Waals surface area contributed by atoms with Crippen LogP contribution in [0.4, 0.5) is 26.3 Å². The number of aromatic nitrogens is 1. The number of fused-ring (bicyclic) bond motifs is 1. The summed E-state index contributed by atoms with van der Waals surface area (Å²) in [5.41, 5.74) is -2.42. The monoisotopic (exact) mass is 527 g/mol. The van der Waals surface area contributed by atoms with Crippen LogP contribution in [0.25, 0.3) is 17.0 Å². The molecule has 198 valence electrons. The van der Waals surface area contributed by atoms with Gasteiger partial charge in [0.05, 0.1) is 17.7 Å². The fraction of sp³-hybridized carbons (Fsp3) is 0.308. The summed E-state index contributed by atoms with van der Waals surface area (Å²) in [7, 11) is 0. The number of nitrogens with one attached hydrogen (secondary N) is 1. The summed E-state index contributed by atoms with van der Waals surface area (Å²) in [6.45, 7) is 5.31. The molecular weight excluding hydrogens is 504 g/mol. The molecule has 5 nitrogen and oxygen atoms in total. The van der Waals surface area contributed by atoms with E-state index < -0.39 is 53.0 Å². The first-order chi connectivity index (χ1) is 17.2. The van der Waals surface area contributed by atoms with Gasteiger partial charge in [-0.25, -0.2) is 0 Å². The summed E-state index contributed by atoms with van der Waals surface area (Å²) in [5.74, 6) is -3.29. The first-order valence-corrected chi connectivity index (χ1v) is 11.2. The largest absolute Gasteiger partial charge is 0.466 e. The minimum Gasteiger partial charge on any atom is -0.466 e. The van der Waals surface area contributed by atoms with Crippen LogP contribution in [-0.2, 0) is 26.7 Å². The van der Waals surface area contributed by atoms with Gasteiger partial charge in [0.25, 0.3) is 0 Å². The molecule has 0 saturated heterocycles. The van der Waals surface area contributed by atoms with Crippen LogP contribution >= 0.6 is 0 Å². The van der Waals surface area contributed by atoms with Crippen LogP contribution in [-0.4, -0.2) is 23.3 Å². The summed E-state index contributed by atoms with van der Waals surface area (Å²) in [6, 6.07) is 5.05. The van der Waals surface area contributed by atoms with Crippen LogP contribution in [0.1, 0.15) is 55.4 Å². The molecule has 0 bridgehead atoms. The Kier molecular flexibility index (Phi) is 8.04. The number of allylic oxidation sites excluding steroid dienone is 1. The van der Waals surface area contributed by atoms with Crippen LogP contribution in [0, 0.1) is 0 Å². The van der Waals surface area contributed by atoms with Crippen molar-refractivity contribution < 1.29 is 45.4 Å². The number of rotatable bonds is 8. The lowest BCUT2D eigenvalue weighted by atomic mass is 10.0. The van der Waals surface area contributed by atoms with E-state index in [1.54, 1.807) is 6.20 Å². The fourth-order valence-corrected chi connectivity index (χ4v) is 3.66. The fourth-order valence-electron chi connectivity index (χ4n) is 3.66. The molecule has 0 atom stereocenters. The molecule has 0 aliphatic rings. The van der Waals surface area contributed by atoms with Gasteiger partial charge in [0.2, 0.25) is 0 Å². The van der Waals surface area contributed by atoms with E-state index in [2.05, 4.69) is 9.72 Å². The minimum atomic E-state index is -5.21. The van der Waals surface area contributed by atoms with Gasteiger partial charge >= 0.3 is 18.3 Å². The Hall–Kier alpha value is -3.76. The van der Waals surface area contributed by atoms with E-state index >= 15 is 0 Å². The lowest BCUT2D eigenvalue weighted by Crippen LogP contribution is -2.14. The van der Waals surface area contributed by atoms with E-state index in [1.165, 1.54) is 25.1 Å². The van der Waals surface area contributed by atoms with Crippen LogP contribution < -0.4 is 4.74 Å². The molecule has 0 saturated carbocycles. The van der Waals surface area contributed by atoms with Gasteiger partial charge in [0.15, 0.2) is 11.5 Å². The Morgan fingerprint density at radius 1 is 1.00 bits per heavy atom. The Balaban J connectivity index is 2.08. The molecule has 0 aliphatic heterocycles. The molecule has 37 heavy (non-hydrogen) atoms. The van der Waals surface area contributed by atoms with Gasteiger partial charge in [-0.2, -0.15) is 26.3 Å². The van der Waals surface area contributed by atoms with E-state index in [0.29, 0.717) is 23.0 Å². The molecule has 0 spiro atoms. The Morgan fingerprint density at radius 3 is 2.16 bits per heavy atom. The molecule has 3 aromatic rings. The number of H-pyrrole nitrogens is 1. The van der Waals surface area contributed by atoms with Gasteiger partial charge in [-0.15, -0.1) is 0 Å². The lowest BCUT2D eigenvalue weighted by molar-refractivity contribution is -0.146. The van der Waals surface area contributed by atoms with Gasteiger partial charge < -0.3 is 14.5 Å². The maximum atomic E-state index is 13.9. The van der Waals surface area contributed by atoms with Crippen molar-refractivity contribution in [3.05, 3.63) is 64.9 Å². The molecule has 0 fully saturated rings. The van der Waals surface area contributed by atoms with Crippen molar-refractivity contribution in [1.29, 1.82) is 0 Å². The SMILES string of the molecule is CCOC(=O)CC(=O)C=Cc1cc(C(F)(F)F)c(Oc2ccc3[nH]cc(C(C)C)c3c2)c(C(F)(F)F)c1. The molecule has 2 aromatic carbocycles. The van der Waals surface area contributed by atoms with Crippen molar-refractivity contribution in [2.45, 2.75) is 45.5 Å². The second-order valence-corrected chi connectivity index (χ2v) is 8.43. The Morgan fingerprint density at radius 2 is 1.62 bits per heavy atom. The third-order valence-corrected chi connectivity index (χ3v) is 5.33. The maximum absolute atomic E-state index is 13.9. The molecule has 1 heterocycles.